The molecule has 1 N–H and O–H groups in total. The van der Waals surface area contributed by atoms with Crippen LogP contribution in [0.4, 0.5) is 15.0 Å². The van der Waals surface area contributed by atoms with Gasteiger partial charge in [-0.15, -0.1) is 0 Å². The van der Waals surface area contributed by atoms with E-state index < -0.39 is 5.82 Å². The van der Waals surface area contributed by atoms with Gasteiger partial charge in [0.1, 0.15) is 18.2 Å². The minimum atomic E-state index is -0.507. The van der Waals surface area contributed by atoms with Crippen LogP contribution in [0.25, 0.3) is 0 Å². The van der Waals surface area contributed by atoms with Crippen molar-refractivity contribution in [2.24, 2.45) is 5.92 Å². The number of anilines is 1. The van der Waals surface area contributed by atoms with Crippen molar-refractivity contribution in [1.82, 2.24) is 20.2 Å². The van der Waals surface area contributed by atoms with Gasteiger partial charge in [-0.3, -0.25) is 0 Å². The zero-order chi connectivity index (χ0) is 22.7. The Bertz CT molecular complexity index is 936. The number of benzene rings is 1. The lowest BCUT2D eigenvalue weighted by molar-refractivity contribution is 0.214. The van der Waals surface area contributed by atoms with Crippen LogP contribution in [0.3, 0.4) is 0 Å². The first kappa shape index (κ1) is 22.1. The Morgan fingerprint density at radius 3 is 2.69 bits per heavy atom. The summed E-state index contributed by atoms with van der Waals surface area (Å²) in [6.45, 7) is 3.62. The summed E-state index contributed by atoms with van der Waals surface area (Å²) in [5.41, 5.74) is 0.988. The Morgan fingerprint density at radius 2 is 2.00 bits per heavy atom. The number of carbonyl (C=O) groups is 1. The second kappa shape index (κ2) is 9.58. The molecule has 8 nitrogen and oxygen atoms in total. The molecule has 1 aliphatic heterocycles. The molecular formula is C23H30FN5O3. The van der Waals surface area contributed by atoms with E-state index in [0.29, 0.717) is 25.6 Å². The van der Waals surface area contributed by atoms with E-state index in [4.69, 9.17) is 9.47 Å². The maximum Gasteiger partial charge on any atom is 0.317 e. The molecule has 1 aromatic heterocycles. The molecule has 2 aliphatic rings. The molecular weight excluding hydrogens is 413 g/mol. The fraction of sp³-hybridized carbons (Fsp3) is 0.522. The molecule has 0 unspecified atom stereocenters. The van der Waals surface area contributed by atoms with Gasteiger partial charge in [0, 0.05) is 27.1 Å². The fourth-order valence-electron chi connectivity index (χ4n) is 3.59. The summed E-state index contributed by atoms with van der Waals surface area (Å²) in [5.74, 6) is 1.04. The van der Waals surface area contributed by atoms with Gasteiger partial charge >= 0.3 is 6.03 Å². The van der Waals surface area contributed by atoms with Crippen LogP contribution in [0.15, 0.2) is 30.6 Å². The highest BCUT2D eigenvalue weighted by atomic mass is 19.1. The molecule has 2 atom stereocenters. The molecule has 32 heavy (non-hydrogen) atoms. The lowest BCUT2D eigenvalue weighted by Gasteiger charge is -2.20. The summed E-state index contributed by atoms with van der Waals surface area (Å²) in [6, 6.07) is 7.42. The number of rotatable bonds is 8. The molecule has 172 valence electrons. The monoisotopic (exact) mass is 443 g/mol. The van der Waals surface area contributed by atoms with Crippen LogP contribution < -0.4 is 19.7 Å². The average Bonchev–Trinajstić information content (AvgIpc) is 3.50. The lowest BCUT2D eigenvalue weighted by Crippen LogP contribution is -2.36. The van der Waals surface area contributed by atoms with Crippen LogP contribution in [-0.2, 0) is 0 Å². The van der Waals surface area contributed by atoms with Crippen molar-refractivity contribution in [3.8, 4) is 11.6 Å². The van der Waals surface area contributed by atoms with Gasteiger partial charge in [0.15, 0.2) is 5.82 Å². The molecule has 2 amide bonds. The van der Waals surface area contributed by atoms with Gasteiger partial charge in [0.25, 0.3) is 5.88 Å². The first-order valence-corrected chi connectivity index (χ1v) is 11.0. The van der Waals surface area contributed by atoms with Crippen LogP contribution in [0, 0.1) is 11.7 Å². The summed E-state index contributed by atoms with van der Waals surface area (Å²) in [4.78, 5) is 23.3. The van der Waals surface area contributed by atoms with Crippen molar-refractivity contribution in [2.45, 2.75) is 38.3 Å². The summed E-state index contributed by atoms with van der Waals surface area (Å²) >= 11 is 0. The van der Waals surface area contributed by atoms with Gasteiger partial charge in [-0.05, 0) is 43.4 Å². The molecule has 2 fully saturated rings. The average molecular weight is 444 g/mol. The Kier molecular flexibility index (Phi) is 6.62. The van der Waals surface area contributed by atoms with Crippen molar-refractivity contribution < 1.29 is 18.7 Å². The minimum absolute atomic E-state index is 0.0253. The van der Waals surface area contributed by atoms with E-state index in [-0.39, 0.29) is 29.9 Å². The number of nitrogens with zero attached hydrogens (tertiary/aromatic N) is 4. The highest BCUT2D eigenvalue weighted by Gasteiger charge is 2.29. The number of amides is 2. The van der Waals surface area contributed by atoms with Gasteiger partial charge in [-0.1, -0.05) is 12.1 Å². The zero-order valence-corrected chi connectivity index (χ0v) is 18.8. The normalized spacial score (nSPS) is 18.9. The number of carbonyl (C=O) groups excluding carboxylic acids is 1. The van der Waals surface area contributed by atoms with E-state index in [1.165, 1.54) is 11.2 Å². The van der Waals surface area contributed by atoms with Crippen LogP contribution in [-0.4, -0.2) is 60.8 Å². The smallest absolute Gasteiger partial charge is 0.317 e. The second-order valence-corrected chi connectivity index (χ2v) is 8.68. The van der Waals surface area contributed by atoms with E-state index in [0.717, 1.165) is 30.6 Å². The standard InChI is InChI=1S/C23H30FN5O3/c1-15(27-23(30)28(2)3)17-6-8-18(9-7-17)32-19-10-11-29(12-19)21-20(24)22(26-14-25-21)31-13-16-4-5-16/h6-9,14-16,19H,4-5,10-13H2,1-3H3,(H,27,30)/t15-,19+/m0/s1. The van der Waals surface area contributed by atoms with E-state index in [1.807, 2.05) is 36.1 Å². The summed E-state index contributed by atoms with van der Waals surface area (Å²) in [5, 5.41) is 2.92. The third kappa shape index (κ3) is 5.38. The Balaban J connectivity index is 1.32. The van der Waals surface area contributed by atoms with E-state index >= 15 is 0 Å². The SMILES string of the molecule is C[C@H](NC(=O)N(C)C)c1ccc(O[C@@H]2CCN(c3ncnc(OCC4CC4)c3F)C2)cc1. The fourth-order valence-corrected chi connectivity index (χ4v) is 3.59. The van der Waals surface area contributed by atoms with Crippen molar-refractivity contribution in [2.75, 3.05) is 38.7 Å². The van der Waals surface area contributed by atoms with Gasteiger partial charge in [0.05, 0.1) is 19.2 Å². The number of halogens is 1. The molecule has 2 heterocycles. The molecule has 0 spiro atoms. The molecule has 1 saturated heterocycles. The number of nitrogens with one attached hydrogen (secondary N) is 1. The minimum Gasteiger partial charge on any atom is -0.489 e. The first-order valence-electron chi connectivity index (χ1n) is 11.0. The Hall–Kier alpha value is -3.10. The molecule has 0 bridgehead atoms. The molecule has 1 saturated carbocycles. The Morgan fingerprint density at radius 1 is 1.25 bits per heavy atom. The van der Waals surface area contributed by atoms with Gasteiger partial charge in [-0.25, -0.2) is 9.78 Å². The molecule has 2 aromatic rings. The third-order valence-corrected chi connectivity index (χ3v) is 5.77. The largest absolute Gasteiger partial charge is 0.489 e. The van der Waals surface area contributed by atoms with Crippen molar-refractivity contribution in [1.29, 1.82) is 0 Å². The van der Waals surface area contributed by atoms with Crippen LogP contribution in [0.1, 0.15) is 37.8 Å². The number of ether oxygens (including phenoxy) is 2. The van der Waals surface area contributed by atoms with Gasteiger partial charge in [-0.2, -0.15) is 9.37 Å². The van der Waals surface area contributed by atoms with E-state index in [9.17, 15) is 9.18 Å². The van der Waals surface area contributed by atoms with E-state index in [2.05, 4.69) is 15.3 Å². The van der Waals surface area contributed by atoms with Crippen LogP contribution in [0.5, 0.6) is 11.6 Å². The van der Waals surface area contributed by atoms with Crippen LogP contribution >= 0.6 is 0 Å². The zero-order valence-electron chi connectivity index (χ0n) is 18.8. The number of hydrogen-bond acceptors (Lipinski definition) is 6. The topological polar surface area (TPSA) is 79.8 Å². The summed E-state index contributed by atoms with van der Waals surface area (Å²) < 4.78 is 26.5. The maximum atomic E-state index is 14.8. The molecule has 1 aromatic carbocycles. The second-order valence-electron chi connectivity index (χ2n) is 8.68. The summed E-state index contributed by atoms with van der Waals surface area (Å²) in [7, 11) is 3.42. The predicted molar refractivity (Wildman–Crippen MR) is 119 cm³/mol. The third-order valence-electron chi connectivity index (χ3n) is 5.77. The highest BCUT2D eigenvalue weighted by Crippen LogP contribution is 2.31. The van der Waals surface area contributed by atoms with Crippen LogP contribution in [0.2, 0.25) is 0 Å². The highest BCUT2D eigenvalue weighted by molar-refractivity contribution is 5.74. The van der Waals surface area contributed by atoms with Crippen molar-refractivity contribution in [3.63, 3.8) is 0 Å². The molecule has 9 heteroatoms. The quantitative estimate of drug-likeness (QED) is 0.674. The first-order chi connectivity index (χ1) is 15.4. The number of aromatic nitrogens is 2. The molecule has 1 aliphatic carbocycles. The molecule has 0 radical (unpaired) electrons. The number of hydrogen-bond donors (Lipinski definition) is 1. The molecule has 4 rings (SSSR count). The van der Waals surface area contributed by atoms with Crippen molar-refractivity contribution in [3.05, 3.63) is 42.0 Å². The predicted octanol–water partition coefficient (Wildman–Crippen LogP) is 3.39. The Labute approximate surface area is 187 Å². The summed E-state index contributed by atoms with van der Waals surface area (Å²) in [6.07, 6.45) is 4.31. The van der Waals surface area contributed by atoms with Gasteiger partial charge in [0.2, 0.25) is 5.82 Å². The van der Waals surface area contributed by atoms with Gasteiger partial charge < -0.3 is 24.6 Å². The maximum absolute atomic E-state index is 14.8. The lowest BCUT2D eigenvalue weighted by atomic mass is 10.1. The van der Waals surface area contributed by atoms with E-state index in [1.54, 1.807) is 14.1 Å². The number of urea groups is 1. The van der Waals surface area contributed by atoms with Crippen molar-refractivity contribution >= 4 is 11.8 Å².